The summed E-state index contributed by atoms with van der Waals surface area (Å²) in [5, 5.41) is 5.72. The Balaban J connectivity index is 1.62. The van der Waals surface area contributed by atoms with E-state index in [-0.39, 0.29) is 12.3 Å². The number of amides is 1. The molecule has 0 saturated heterocycles. The fourth-order valence-corrected chi connectivity index (χ4v) is 3.54. The van der Waals surface area contributed by atoms with Gasteiger partial charge in [0, 0.05) is 48.2 Å². The molecule has 0 radical (unpaired) electrons. The van der Waals surface area contributed by atoms with Crippen molar-refractivity contribution < 1.29 is 28.2 Å². The lowest BCUT2D eigenvalue weighted by molar-refractivity contribution is -0.704. The van der Waals surface area contributed by atoms with Gasteiger partial charge in [0.15, 0.2) is 0 Å². The highest BCUT2D eigenvalue weighted by Crippen LogP contribution is 2.26. The maximum Gasteiger partial charge on any atom is 0.442 e. The van der Waals surface area contributed by atoms with E-state index in [9.17, 15) is 9.59 Å². The van der Waals surface area contributed by atoms with Gasteiger partial charge in [0.2, 0.25) is 11.6 Å². The molecule has 9 nitrogen and oxygen atoms in total. The SMILES string of the molecule is COc1ccc(-[n+]2[nH]oc(=O)c2SCCC(=O)Nc2cc(OC)cc(OC)c2)cc1. The number of hydrogen-bond donors (Lipinski definition) is 2. The van der Waals surface area contributed by atoms with Crippen LogP contribution in [0.3, 0.4) is 0 Å². The van der Waals surface area contributed by atoms with Crippen molar-refractivity contribution in [2.24, 2.45) is 0 Å². The Hall–Kier alpha value is -3.40. The summed E-state index contributed by atoms with van der Waals surface area (Å²) < 4.78 is 22.0. The highest BCUT2D eigenvalue weighted by molar-refractivity contribution is 7.99. The lowest BCUT2D eigenvalue weighted by Gasteiger charge is -2.09. The van der Waals surface area contributed by atoms with Crippen LogP contribution in [-0.2, 0) is 4.79 Å². The number of anilines is 1. The molecule has 30 heavy (non-hydrogen) atoms. The van der Waals surface area contributed by atoms with Crippen molar-refractivity contribution in [1.82, 2.24) is 5.27 Å². The quantitative estimate of drug-likeness (QED) is 0.395. The third-order valence-electron chi connectivity index (χ3n) is 4.14. The number of aromatic amines is 1. The predicted molar refractivity (Wildman–Crippen MR) is 111 cm³/mol. The molecule has 0 spiro atoms. The van der Waals surface area contributed by atoms with E-state index in [2.05, 4.69) is 10.6 Å². The van der Waals surface area contributed by atoms with Crippen LogP contribution in [0.15, 0.2) is 56.8 Å². The summed E-state index contributed by atoms with van der Waals surface area (Å²) in [5.74, 6) is 2.03. The molecule has 0 aliphatic carbocycles. The van der Waals surface area contributed by atoms with Gasteiger partial charge >= 0.3 is 10.7 Å². The number of methoxy groups -OCH3 is 3. The van der Waals surface area contributed by atoms with Crippen LogP contribution in [0.1, 0.15) is 6.42 Å². The van der Waals surface area contributed by atoms with E-state index in [0.717, 1.165) is 0 Å². The van der Waals surface area contributed by atoms with Gasteiger partial charge in [0.25, 0.3) is 0 Å². The van der Waals surface area contributed by atoms with Crippen molar-refractivity contribution in [3.63, 3.8) is 0 Å². The molecular formula is C20H22N3O6S+. The minimum absolute atomic E-state index is 0.192. The first-order chi connectivity index (χ1) is 14.5. The molecule has 3 aromatic rings. The monoisotopic (exact) mass is 432 g/mol. The van der Waals surface area contributed by atoms with Crippen LogP contribution in [0.4, 0.5) is 5.69 Å². The normalized spacial score (nSPS) is 10.5. The molecule has 0 fully saturated rings. The molecule has 158 valence electrons. The zero-order valence-electron chi connectivity index (χ0n) is 16.8. The highest BCUT2D eigenvalue weighted by Gasteiger charge is 2.24. The van der Waals surface area contributed by atoms with Gasteiger partial charge < -0.3 is 19.5 Å². The molecule has 0 bridgehead atoms. The van der Waals surface area contributed by atoms with Crippen LogP contribution < -0.4 is 29.8 Å². The van der Waals surface area contributed by atoms with Crippen LogP contribution in [-0.4, -0.2) is 38.3 Å². The second kappa shape index (κ2) is 9.88. The van der Waals surface area contributed by atoms with Crippen LogP contribution >= 0.6 is 11.8 Å². The molecule has 0 saturated carbocycles. The van der Waals surface area contributed by atoms with E-state index in [4.69, 9.17) is 18.7 Å². The molecule has 2 aromatic carbocycles. The van der Waals surface area contributed by atoms with E-state index in [1.54, 1.807) is 49.6 Å². The minimum atomic E-state index is -0.506. The Morgan fingerprint density at radius 3 is 2.27 bits per heavy atom. The third kappa shape index (κ3) is 5.15. The van der Waals surface area contributed by atoms with Crippen LogP contribution in [0.5, 0.6) is 17.2 Å². The van der Waals surface area contributed by atoms with E-state index in [1.807, 2.05) is 0 Å². The smallest absolute Gasteiger partial charge is 0.442 e. The van der Waals surface area contributed by atoms with E-state index >= 15 is 0 Å². The number of carbonyl (C=O) groups is 1. The first kappa shape index (κ1) is 21.3. The van der Waals surface area contributed by atoms with Gasteiger partial charge in [-0.15, -0.1) is 0 Å². The average Bonchev–Trinajstić information content (AvgIpc) is 3.13. The van der Waals surface area contributed by atoms with Gasteiger partial charge in [-0.3, -0.25) is 9.32 Å². The Kier molecular flexibility index (Phi) is 7.02. The van der Waals surface area contributed by atoms with Gasteiger partial charge in [-0.2, -0.15) is 0 Å². The molecule has 2 N–H and O–H groups in total. The van der Waals surface area contributed by atoms with Gasteiger partial charge in [0.1, 0.15) is 17.2 Å². The minimum Gasteiger partial charge on any atom is -0.497 e. The average molecular weight is 432 g/mol. The summed E-state index contributed by atoms with van der Waals surface area (Å²) in [7, 11) is 4.66. The first-order valence-corrected chi connectivity index (χ1v) is 9.96. The summed E-state index contributed by atoms with van der Waals surface area (Å²) in [6.07, 6.45) is 0.192. The number of rotatable bonds is 9. The number of nitrogens with zero attached hydrogens (tertiary/aromatic N) is 1. The lowest BCUT2D eigenvalue weighted by atomic mass is 10.2. The number of hydrogen-bond acceptors (Lipinski definition) is 7. The van der Waals surface area contributed by atoms with Crippen molar-refractivity contribution in [2.45, 2.75) is 11.4 Å². The van der Waals surface area contributed by atoms with Crippen molar-refractivity contribution in [2.75, 3.05) is 32.4 Å². The molecule has 1 aromatic heterocycles. The third-order valence-corrected chi connectivity index (χ3v) is 5.17. The Labute approximate surface area is 176 Å². The largest absolute Gasteiger partial charge is 0.497 e. The number of ether oxygens (including phenoxy) is 3. The maximum atomic E-state index is 12.3. The second-order valence-corrected chi connectivity index (χ2v) is 7.15. The summed E-state index contributed by atoms with van der Waals surface area (Å²) in [4.78, 5) is 24.4. The number of benzene rings is 2. The Bertz CT molecular complexity index is 1040. The van der Waals surface area contributed by atoms with Gasteiger partial charge in [-0.05, 0) is 33.8 Å². The zero-order valence-corrected chi connectivity index (χ0v) is 17.6. The Morgan fingerprint density at radius 2 is 1.67 bits per heavy atom. The second-order valence-electron chi connectivity index (χ2n) is 6.07. The molecule has 0 aliphatic heterocycles. The predicted octanol–water partition coefficient (Wildman–Crippen LogP) is 2.39. The first-order valence-electron chi connectivity index (χ1n) is 8.97. The van der Waals surface area contributed by atoms with E-state index in [0.29, 0.717) is 39.4 Å². The van der Waals surface area contributed by atoms with Crippen molar-refractivity contribution in [3.05, 3.63) is 52.9 Å². The number of H-pyrrole nitrogens is 1. The van der Waals surface area contributed by atoms with Crippen molar-refractivity contribution in [1.29, 1.82) is 0 Å². The van der Waals surface area contributed by atoms with Crippen molar-refractivity contribution >= 4 is 23.4 Å². The zero-order chi connectivity index (χ0) is 21.5. The molecular weight excluding hydrogens is 410 g/mol. The highest BCUT2D eigenvalue weighted by atomic mass is 32.2. The number of aromatic nitrogens is 2. The van der Waals surface area contributed by atoms with Gasteiger partial charge in [0.05, 0.1) is 21.3 Å². The molecule has 0 aliphatic rings. The topological polar surface area (TPSA) is 107 Å². The van der Waals surface area contributed by atoms with Crippen LogP contribution in [0, 0.1) is 0 Å². The van der Waals surface area contributed by atoms with Gasteiger partial charge in [-0.1, -0.05) is 0 Å². The number of nitrogens with one attached hydrogen (secondary N) is 2. The lowest BCUT2D eigenvalue weighted by Crippen LogP contribution is -2.36. The maximum absolute atomic E-state index is 12.3. The standard InChI is InChI=1S/C20H21N3O6S/c1-26-15-6-4-14(5-7-15)23-19(20(25)29-22-23)30-9-8-18(24)21-13-10-16(27-2)12-17(11-13)28-3/h4-7,10-12H,8-9H2,1-3H3,(H-,21,22,24,25)/p+1. The molecule has 0 atom stereocenters. The summed E-state index contributed by atoms with van der Waals surface area (Å²) in [6, 6.07) is 12.2. The summed E-state index contributed by atoms with van der Waals surface area (Å²) >= 11 is 1.22. The molecule has 1 amide bonds. The summed E-state index contributed by atoms with van der Waals surface area (Å²) in [6.45, 7) is 0. The summed E-state index contributed by atoms with van der Waals surface area (Å²) in [5.41, 5.74) is 0.765. The molecule has 3 rings (SSSR count). The van der Waals surface area contributed by atoms with Gasteiger partial charge in [-0.25, -0.2) is 4.79 Å². The fraction of sp³-hybridized carbons (Fsp3) is 0.250. The Morgan fingerprint density at radius 1 is 1.03 bits per heavy atom. The molecule has 0 unspecified atom stereocenters. The van der Waals surface area contributed by atoms with E-state index < -0.39 is 5.63 Å². The van der Waals surface area contributed by atoms with E-state index in [1.165, 1.54) is 30.7 Å². The number of thioether (sulfide) groups is 1. The molecule has 10 heteroatoms. The number of carbonyl (C=O) groups excluding carboxylic acids is 1. The van der Waals surface area contributed by atoms with Crippen LogP contribution in [0.2, 0.25) is 0 Å². The van der Waals surface area contributed by atoms with Crippen LogP contribution in [0.25, 0.3) is 5.69 Å². The fourth-order valence-electron chi connectivity index (χ4n) is 2.63. The van der Waals surface area contributed by atoms with Crippen molar-refractivity contribution in [3.8, 4) is 22.9 Å². The molecule has 1 heterocycles.